The third-order valence-electron chi connectivity index (χ3n) is 4.46. The first-order chi connectivity index (χ1) is 12.0. The van der Waals surface area contributed by atoms with Gasteiger partial charge in [0.25, 0.3) is 5.56 Å². The van der Waals surface area contributed by atoms with Crippen molar-refractivity contribution >= 4 is 23.2 Å². The van der Waals surface area contributed by atoms with Crippen molar-refractivity contribution in [3.05, 3.63) is 45.8 Å². The van der Waals surface area contributed by atoms with Crippen molar-refractivity contribution in [1.29, 1.82) is 0 Å². The Morgan fingerprint density at radius 3 is 2.48 bits per heavy atom. The monoisotopic (exact) mass is 362 g/mol. The molecule has 1 amide bonds. The Kier molecular flexibility index (Phi) is 4.94. The molecule has 1 saturated heterocycles. The highest BCUT2D eigenvalue weighted by molar-refractivity contribution is 6.33. The van der Waals surface area contributed by atoms with Gasteiger partial charge in [0, 0.05) is 19.0 Å². The van der Waals surface area contributed by atoms with Crippen LogP contribution in [-0.4, -0.2) is 35.9 Å². The number of halogens is 1. The molecule has 0 atom stereocenters. The normalized spacial score (nSPS) is 15.2. The second-order valence-electron chi connectivity index (χ2n) is 5.92. The number of hydrogen-bond donors (Lipinski definition) is 1. The standard InChI is InChI=1S/C17H19ClN4O3/c1-25-13-4-2-12(3-5-13)22-17(24)15(18)14(10-20-22)21-8-6-11(7-9-21)16(19)23/h2-5,10-11H,6-9H2,1H3,(H2,19,23). The molecule has 7 nitrogen and oxygen atoms in total. The van der Waals surface area contributed by atoms with Crippen LogP contribution in [0.1, 0.15) is 12.8 Å². The molecule has 0 radical (unpaired) electrons. The summed E-state index contributed by atoms with van der Waals surface area (Å²) in [5.74, 6) is 0.290. The summed E-state index contributed by atoms with van der Waals surface area (Å²) in [7, 11) is 1.58. The molecule has 2 N–H and O–H groups in total. The fourth-order valence-electron chi connectivity index (χ4n) is 2.96. The fraction of sp³-hybridized carbons (Fsp3) is 0.353. The van der Waals surface area contributed by atoms with Gasteiger partial charge in [-0.2, -0.15) is 9.78 Å². The number of rotatable bonds is 4. The zero-order chi connectivity index (χ0) is 18.0. The van der Waals surface area contributed by atoms with Gasteiger partial charge in [0.05, 0.1) is 24.7 Å². The van der Waals surface area contributed by atoms with E-state index in [1.807, 2.05) is 4.90 Å². The van der Waals surface area contributed by atoms with Gasteiger partial charge in [-0.1, -0.05) is 11.6 Å². The van der Waals surface area contributed by atoms with Crippen molar-refractivity contribution < 1.29 is 9.53 Å². The van der Waals surface area contributed by atoms with E-state index in [1.54, 1.807) is 37.6 Å². The van der Waals surface area contributed by atoms with Gasteiger partial charge in [-0.05, 0) is 37.1 Å². The first-order valence-electron chi connectivity index (χ1n) is 7.97. The predicted octanol–water partition coefficient (Wildman–Crippen LogP) is 1.60. The molecule has 1 aromatic carbocycles. The number of amides is 1. The summed E-state index contributed by atoms with van der Waals surface area (Å²) < 4.78 is 6.36. The first kappa shape index (κ1) is 17.3. The van der Waals surface area contributed by atoms with Crippen molar-refractivity contribution in [2.75, 3.05) is 25.1 Å². The summed E-state index contributed by atoms with van der Waals surface area (Å²) in [6.45, 7) is 1.22. The average molecular weight is 363 g/mol. The van der Waals surface area contributed by atoms with Crippen LogP contribution in [0.3, 0.4) is 0 Å². The molecule has 0 aliphatic carbocycles. The molecular weight excluding hydrogens is 344 g/mol. The van der Waals surface area contributed by atoms with Crippen molar-refractivity contribution in [2.45, 2.75) is 12.8 Å². The third kappa shape index (κ3) is 3.46. The Morgan fingerprint density at radius 1 is 1.28 bits per heavy atom. The van der Waals surface area contributed by atoms with Crippen LogP contribution in [0, 0.1) is 5.92 Å². The minimum atomic E-state index is -0.388. The lowest BCUT2D eigenvalue weighted by Crippen LogP contribution is -2.39. The van der Waals surface area contributed by atoms with Crippen LogP contribution in [0.25, 0.3) is 5.69 Å². The number of methoxy groups -OCH3 is 1. The Bertz CT molecular complexity index is 827. The lowest BCUT2D eigenvalue weighted by Gasteiger charge is -2.32. The number of piperidine rings is 1. The van der Waals surface area contributed by atoms with Gasteiger partial charge in [0.1, 0.15) is 10.8 Å². The Labute approximate surface area is 149 Å². The number of primary amides is 1. The van der Waals surface area contributed by atoms with Crippen LogP contribution >= 0.6 is 11.6 Å². The summed E-state index contributed by atoms with van der Waals surface area (Å²) in [5.41, 5.74) is 6.15. The summed E-state index contributed by atoms with van der Waals surface area (Å²) >= 11 is 6.31. The van der Waals surface area contributed by atoms with Crippen LogP contribution in [0.2, 0.25) is 5.02 Å². The van der Waals surface area contributed by atoms with E-state index in [-0.39, 0.29) is 22.4 Å². The highest BCUT2D eigenvalue weighted by Gasteiger charge is 2.25. The largest absolute Gasteiger partial charge is 0.497 e. The second kappa shape index (κ2) is 7.14. The molecule has 2 aromatic rings. The van der Waals surface area contributed by atoms with Gasteiger partial charge >= 0.3 is 0 Å². The van der Waals surface area contributed by atoms with Gasteiger partial charge in [-0.25, -0.2) is 0 Å². The summed E-state index contributed by atoms with van der Waals surface area (Å²) in [4.78, 5) is 25.8. The van der Waals surface area contributed by atoms with E-state index >= 15 is 0 Å². The molecule has 1 aliphatic heterocycles. The minimum Gasteiger partial charge on any atom is -0.497 e. The minimum absolute atomic E-state index is 0.114. The van der Waals surface area contributed by atoms with E-state index in [1.165, 1.54) is 4.68 Å². The molecular formula is C17H19ClN4O3. The van der Waals surface area contributed by atoms with Gasteiger partial charge < -0.3 is 15.4 Å². The fourth-order valence-corrected chi connectivity index (χ4v) is 3.21. The van der Waals surface area contributed by atoms with E-state index in [9.17, 15) is 9.59 Å². The molecule has 1 fully saturated rings. The maximum Gasteiger partial charge on any atom is 0.292 e. The van der Waals surface area contributed by atoms with E-state index < -0.39 is 0 Å². The summed E-state index contributed by atoms with van der Waals surface area (Å²) in [6, 6.07) is 6.98. The Hall–Kier alpha value is -2.54. The van der Waals surface area contributed by atoms with Crippen LogP contribution in [-0.2, 0) is 4.79 Å². The molecule has 0 unspecified atom stereocenters. The zero-order valence-corrected chi connectivity index (χ0v) is 14.6. The highest BCUT2D eigenvalue weighted by Crippen LogP contribution is 2.27. The van der Waals surface area contributed by atoms with Crippen molar-refractivity contribution in [3.63, 3.8) is 0 Å². The SMILES string of the molecule is COc1ccc(-n2ncc(N3CCC(C(N)=O)CC3)c(Cl)c2=O)cc1. The van der Waals surface area contributed by atoms with Crippen LogP contribution in [0.4, 0.5) is 5.69 Å². The van der Waals surface area contributed by atoms with Gasteiger partial charge in [0.2, 0.25) is 5.91 Å². The molecule has 0 saturated carbocycles. The van der Waals surface area contributed by atoms with E-state index in [0.29, 0.717) is 43.1 Å². The number of aromatic nitrogens is 2. The molecule has 1 aliphatic rings. The van der Waals surface area contributed by atoms with Gasteiger partial charge in [-0.15, -0.1) is 0 Å². The number of hydrogen-bond acceptors (Lipinski definition) is 5. The second-order valence-corrected chi connectivity index (χ2v) is 6.30. The predicted molar refractivity (Wildman–Crippen MR) is 95.5 cm³/mol. The number of anilines is 1. The molecule has 2 heterocycles. The van der Waals surface area contributed by atoms with Crippen molar-refractivity contribution in [2.24, 2.45) is 11.7 Å². The maximum absolute atomic E-state index is 12.6. The molecule has 25 heavy (non-hydrogen) atoms. The number of ether oxygens (including phenoxy) is 1. The number of carbonyl (C=O) groups excluding carboxylic acids is 1. The van der Waals surface area contributed by atoms with E-state index in [0.717, 1.165) is 0 Å². The van der Waals surface area contributed by atoms with Gasteiger partial charge in [0.15, 0.2) is 0 Å². The van der Waals surface area contributed by atoms with Crippen LogP contribution in [0.5, 0.6) is 5.75 Å². The molecule has 0 spiro atoms. The molecule has 1 aromatic heterocycles. The maximum atomic E-state index is 12.6. The Morgan fingerprint density at radius 2 is 1.92 bits per heavy atom. The lowest BCUT2D eigenvalue weighted by molar-refractivity contribution is -0.122. The van der Waals surface area contributed by atoms with Crippen molar-refractivity contribution in [1.82, 2.24) is 9.78 Å². The van der Waals surface area contributed by atoms with Crippen LogP contribution < -0.4 is 20.9 Å². The Balaban J connectivity index is 1.85. The average Bonchev–Trinajstić information content (AvgIpc) is 2.64. The number of nitrogens with two attached hydrogens (primary N) is 1. The summed E-state index contributed by atoms with van der Waals surface area (Å²) in [6.07, 6.45) is 2.87. The lowest BCUT2D eigenvalue weighted by atomic mass is 9.96. The zero-order valence-electron chi connectivity index (χ0n) is 13.8. The smallest absolute Gasteiger partial charge is 0.292 e. The van der Waals surface area contributed by atoms with Crippen LogP contribution in [0.15, 0.2) is 35.3 Å². The molecule has 0 bridgehead atoms. The first-order valence-corrected chi connectivity index (χ1v) is 8.35. The van der Waals surface area contributed by atoms with E-state index in [2.05, 4.69) is 5.10 Å². The number of benzene rings is 1. The van der Waals surface area contributed by atoms with E-state index in [4.69, 9.17) is 22.1 Å². The molecule has 132 valence electrons. The number of carbonyl (C=O) groups is 1. The highest BCUT2D eigenvalue weighted by atomic mass is 35.5. The molecule has 8 heteroatoms. The third-order valence-corrected chi connectivity index (χ3v) is 4.81. The number of nitrogens with zero attached hydrogens (tertiary/aromatic N) is 3. The molecule has 3 rings (SSSR count). The van der Waals surface area contributed by atoms with Crippen molar-refractivity contribution in [3.8, 4) is 11.4 Å². The van der Waals surface area contributed by atoms with Gasteiger partial charge in [-0.3, -0.25) is 9.59 Å². The topological polar surface area (TPSA) is 90.4 Å². The quantitative estimate of drug-likeness (QED) is 0.892. The summed E-state index contributed by atoms with van der Waals surface area (Å²) in [5, 5.41) is 4.35.